The Hall–Kier alpha value is -2.00. The highest BCUT2D eigenvalue weighted by Crippen LogP contribution is 2.50. The third-order valence-electron chi connectivity index (χ3n) is 3.22. The van der Waals surface area contributed by atoms with Crippen molar-refractivity contribution in [3.63, 3.8) is 0 Å². The summed E-state index contributed by atoms with van der Waals surface area (Å²) in [5.41, 5.74) is -5.44. The van der Waals surface area contributed by atoms with Crippen molar-refractivity contribution in [1.29, 1.82) is 0 Å². The number of aliphatic imine (C=N–C) groups is 1. The zero-order valence-electron chi connectivity index (χ0n) is 14.8. The van der Waals surface area contributed by atoms with Crippen LogP contribution in [0.2, 0.25) is 0 Å². The number of alkyl halides is 10. The lowest BCUT2D eigenvalue weighted by Gasteiger charge is -2.32. The number of hydrogen-bond donors (Lipinski definition) is 0. The van der Waals surface area contributed by atoms with Crippen LogP contribution in [0.25, 0.3) is 0 Å². The topological polar surface area (TPSA) is 65.0 Å². The van der Waals surface area contributed by atoms with Gasteiger partial charge in [0.05, 0.1) is 13.2 Å². The van der Waals surface area contributed by atoms with Gasteiger partial charge in [-0.05, 0) is 13.8 Å². The van der Waals surface area contributed by atoms with Crippen LogP contribution in [0.5, 0.6) is 0 Å². The van der Waals surface area contributed by atoms with Crippen molar-refractivity contribution in [2.45, 2.75) is 43.3 Å². The van der Waals surface area contributed by atoms with E-state index in [9.17, 15) is 53.5 Å². The van der Waals surface area contributed by atoms with E-state index in [0.717, 1.165) is 13.8 Å². The molecule has 0 bridgehead atoms. The Kier molecular flexibility index (Phi) is 7.49. The van der Waals surface area contributed by atoms with Gasteiger partial charge in [0.2, 0.25) is 0 Å². The summed E-state index contributed by atoms with van der Waals surface area (Å²) in [6.07, 6.45) is -13.0. The summed E-state index contributed by atoms with van der Waals surface area (Å²) < 4.78 is 141. The van der Waals surface area contributed by atoms with Gasteiger partial charge in [-0.15, -0.1) is 0 Å². The zero-order chi connectivity index (χ0) is 23.7. The van der Waals surface area contributed by atoms with Gasteiger partial charge in [0, 0.05) is 0 Å². The highest BCUT2D eigenvalue weighted by molar-refractivity contribution is 8.06. The molecule has 0 fully saturated rings. The van der Waals surface area contributed by atoms with Crippen LogP contribution in [0.15, 0.2) is 15.6 Å². The molecule has 0 aromatic heterocycles. The van der Waals surface area contributed by atoms with Crippen molar-refractivity contribution < 1.29 is 63.0 Å². The summed E-state index contributed by atoms with van der Waals surface area (Å²) in [5, 5.41) is -2.85. The molecule has 0 aliphatic carbocycles. The molecule has 0 amide bonds. The van der Waals surface area contributed by atoms with Crippen LogP contribution >= 0.6 is 11.8 Å². The summed E-state index contributed by atoms with van der Waals surface area (Å²) in [4.78, 5) is 24.1. The molecule has 0 radical (unpaired) electrons. The van der Waals surface area contributed by atoms with Gasteiger partial charge < -0.3 is 9.47 Å². The van der Waals surface area contributed by atoms with E-state index < -0.39 is 82.7 Å². The van der Waals surface area contributed by atoms with Crippen LogP contribution in [0.4, 0.5) is 43.9 Å². The molecule has 1 atom stereocenters. The molecule has 0 N–H and O–H groups in total. The van der Waals surface area contributed by atoms with Crippen LogP contribution in [0, 0.1) is 0 Å². The third kappa shape index (κ3) is 4.83. The van der Waals surface area contributed by atoms with E-state index in [0.29, 0.717) is 0 Å². The second-order valence-corrected chi connectivity index (χ2v) is 6.40. The average Bonchev–Trinajstić information content (AvgIpc) is 2.58. The van der Waals surface area contributed by atoms with E-state index in [4.69, 9.17) is 0 Å². The molecule has 0 aromatic carbocycles. The lowest BCUT2D eigenvalue weighted by Crippen LogP contribution is -2.53. The van der Waals surface area contributed by atoms with E-state index in [1.807, 2.05) is 0 Å². The van der Waals surface area contributed by atoms with Gasteiger partial charge in [-0.25, -0.2) is 9.79 Å². The molecule has 0 aromatic rings. The second kappa shape index (κ2) is 8.63. The molecule has 172 valence electrons. The predicted molar refractivity (Wildman–Crippen MR) is 81.1 cm³/mol. The van der Waals surface area contributed by atoms with E-state index >= 15 is 0 Å². The Morgan fingerprint density at radius 2 is 1.33 bits per heavy atom. The Bertz CT molecular complexity index is 757. The molecular weight excluding hydrogens is 468 g/mol. The van der Waals surface area contributed by atoms with Gasteiger partial charge in [0.1, 0.15) is 16.3 Å². The van der Waals surface area contributed by atoms with Crippen LogP contribution in [0.3, 0.4) is 0 Å². The monoisotopic (exact) mass is 479 g/mol. The van der Waals surface area contributed by atoms with Crippen molar-refractivity contribution in [3.05, 3.63) is 10.6 Å². The number of thioether (sulfide) groups is 1. The second-order valence-electron chi connectivity index (χ2n) is 5.29. The summed E-state index contributed by atoms with van der Waals surface area (Å²) >= 11 is -0.730. The number of halogens is 10. The first-order valence-electron chi connectivity index (χ1n) is 7.66. The first-order chi connectivity index (χ1) is 13.4. The Morgan fingerprint density at radius 1 is 0.867 bits per heavy atom. The minimum absolute atomic E-state index is 0.579. The predicted octanol–water partition coefficient (Wildman–Crippen LogP) is 4.28. The van der Waals surface area contributed by atoms with Crippen molar-refractivity contribution in [1.82, 2.24) is 0 Å². The molecule has 1 rings (SSSR count). The number of ether oxygens (including phenoxy) is 2. The lowest BCUT2D eigenvalue weighted by molar-refractivity contribution is -0.265. The molecule has 30 heavy (non-hydrogen) atoms. The standard InChI is InChI=1S/C14H11F10NO4S/c1-3-28-9(26)5-7(11(15,16)13(19,20)21)25-8(12(17,18)14(22,23)24)6(30-5)10(27)29-4-2/h5H,3-4H2,1-2H3. The SMILES string of the molecule is CCOC(=O)C1=C(C(F)(F)C(F)(F)F)N=C(C(F)(F)C(F)(F)F)C(C(=O)OCC)S1. The first kappa shape index (κ1) is 26.0. The van der Waals surface area contributed by atoms with Gasteiger partial charge in [0.25, 0.3) is 0 Å². The maximum atomic E-state index is 13.9. The summed E-state index contributed by atoms with van der Waals surface area (Å²) in [5.74, 6) is -16.0. The fourth-order valence-corrected chi connectivity index (χ4v) is 3.06. The highest BCUT2D eigenvalue weighted by Gasteiger charge is 2.68. The Morgan fingerprint density at radius 3 is 1.73 bits per heavy atom. The number of hydrogen-bond acceptors (Lipinski definition) is 6. The number of carbonyl (C=O) groups is 2. The smallest absolute Gasteiger partial charge is 0.459 e. The van der Waals surface area contributed by atoms with Crippen LogP contribution in [0.1, 0.15) is 13.8 Å². The maximum Gasteiger partial charge on any atom is 0.459 e. The molecule has 1 unspecified atom stereocenters. The van der Waals surface area contributed by atoms with Crippen LogP contribution < -0.4 is 0 Å². The normalized spacial score (nSPS) is 18.8. The zero-order valence-corrected chi connectivity index (χ0v) is 15.6. The lowest BCUT2D eigenvalue weighted by atomic mass is 10.1. The summed E-state index contributed by atoms with van der Waals surface area (Å²) in [7, 11) is 0. The number of rotatable bonds is 6. The van der Waals surface area contributed by atoms with E-state index in [1.165, 1.54) is 0 Å². The van der Waals surface area contributed by atoms with Crippen LogP contribution in [-0.4, -0.2) is 60.3 Å². The minimum Gasteiger partial charge on any atom is -0.465 e. The van der Waals surface area contributed by atoms with E-state index in [1.54, 1.807) is 0 Å². The molecule has 1 heterocycles. The molecule has 16 heteroatoms. The molecular formula is C14H11F10NO4S. The number of esters is 2. The van der Waals surface area contributed by atoms with E-state index in [2.05, 4.69) is 14.5 Å². The quantitative estimate of drug-likeness (QED) is 0.421. The molecule has 1 aliphatic rings. The molecule has 0 saturated heterocycles. The average molecular weight is 479 g/mol. The summed E-state index contributed by atoms with van der Waals surface area (Å²) in [6.45, 7) is 1.04. The number of carbonyl (C=O) groups excluding carboxylic acids is 2. The molecule has 1 aliphatic heterocycles. The van der Waals surface area contributed by atoms with Crippen molar-refractivity contribution in [3.8, 4) is 0 Å². The first-order valence-corrected chi connectivity index (χ1v) is 8.54. The number of allylic oxidation sites excluding steroid dienone is 1. The van der Waals surface area contributed by atoms with Crippen LogP contribution in [-0.2, 0) is 19.1 Å². The van der Waals surface area contributed by atoms with Gasteiger partial charge in [-0.1, -0.05) is 11.8 Å². The Labute approximate surface area is 165 Å². The third-order valence-corrected chi connectivity index (χ3v) is 4.47. The van der Waals surface area contributed by atoms with Gasteiger partial charge >= 0.3 is 36.1 Å². The Balaban J connectivity index is 3.88. The fourth-order valence-electron chi connectivity index (χ4n) is 1.91. The number of nitrogens with zero attached hydrogens (tertiary/aromatic N) is 1. The van der Waals surface area contributed by atoms with Crippen molar-refractivity contribution in [2.75, 3.05) is 13.2 Å². The largest absolute Gasteiger partial charge is 0.465 e. The van der Waals surface area contributed by atoms with Gasteiger partial charge in [-0.2, -0.15) is 43.9 Å². The van der Waals surface area contributed by atoms with Gasteiger partial charge in [0.15, 0.2) is 5.25 Å². The highest BCUT2D eigenvalue weighted by atomic mass is 32.2. The van der Waals surface area contributed by atoms with Crippen molar-refractivity contribution in [2.24, 2.45) is 4.99 Å². The van der Waals surface area contributed by atoms with Crippen molar-refractivity contribution >= 4 is 29.4 Å². The molecule has 0 spiro atoms. The summed E-state index contributed by atoms with van der Waals surface area (Å²) in [6, 6.07) is 0. The molecule has 0 saturated carbocycles. The molecule has 5 nitrogen and oxygen atoms in total. The van der Waals surface area contributed by atoms with Gasteiger partial charge in [-0.3, -0.25) is 4.79 Å². The van der Waals surface area contributed by atoms with E-state index in [-0.39, 0.29) is 0 Å². The fraction of sp³-hybridized carbons (Fsp3) is 0.643. The maximum absolute atomic E-state index is 13.9. The minimum atomic E-state index is -6.53.